The summed E-state index contributed by atoms with van der Waals surface area (Å²) in [6, 6.07) is 4.33. The number of carbonyl (C=O) groups excluding carboxylic acids is 1. The summed E-state index contributed by atoms with van der Waals surface area (Å²) in [4.78, 5) is 16.3. The van der Waals surface area contributed by atoms with E-state index in [4.69, 9.17) is 4.42 Å². The van der Waals surface area contributed by atoms with Crippen LogP contribution in [0.4, 0.5) is 0 Å². The highest BCUT2D eigenvalue weighted by Gasteiger charge is 2.17. The van der Waals surface area contributed by atoms with Crippen LogP contribution in [0.5, 0.6) is 0 Å². The second-order valence-electron chi connectivity index (χ2n) is 5.49. The zero-order chi connectivity index (χ0) is 14.2. The zero-order valence-corrected chi connectivity index (χ0v) is 12.5. The molecule has 1 aliphatic carbocycles. The van der Waals surface area contributed by atoms with E-state index in [-0.39, 0.29) is 5.91 Å². The van der Waals surface area contributed by atoms with Crippen molar-refractivity contribution in [3.05, 3.63) is 35.1 Å². The number of hydrogen-bond acceptors (Lipinski definition) is 4. The van der Waals surface area contributed by atoms with Gasteiger partial charge < -0.3 is 9.73 Å². The molecule has 0 saturated heterocycles. The Morgan fingerprint density at radius 1 is 1.33 bits per heavy atom. The minimum absolute atomic E-state index is 0.0219. The fraction of sp³-hybridized carbons (Fsp3) is 0.375. The molecule has 1 aromatic carbocycles. The molecule has 0 radical (unpaired) electrons. The van der Waals surface area contributed by atoms with Gasteiger partial charge in [0.05, 0.1) is 19.2 Å². The molecule has 5 heteroatoms. The molecule has 2 heterocycles. The van der Waals surface area contributed by atoms with Gasteiger partial charge >= 0.3 is 0 Å². The first-order valence-corrected chi connectivity index (χ1v) is 8.27. The second-order valence-corrected chi connectivity index (χ2v) is 6.58. The first-order valence-electron chi connectivity index (χ1n) is 7.28. The molecule has 0 bridgehead atoms. The van der Waals surface area contributed by atoms with Crippen molar-refractivity contribution in [3.8, 4) is 0 Å². The Morgan fingerprint density at radius 2 is 2.19 bits per heavy atom. The molecule has 21 heavy (non-hydrogen) atoms. The topological polar surface area (TPSA) is 54.6 Å². The third-order valence-electron chi connectivity index (χ3n) is 4.05. The molecule has 1 aliphatic heterocycles. The highest BCUT2D eigenvalue weighted by molar-refractivity contribution is 8.14. The van der Waals surface area contributed by atoms with E-state index in [1.165, 1.54) is 17.5 Å². The van der Waals surface area contributed by atoms with Gasteiger partial charge in [-0.3, -0.25) is 9.79 Å². The van der Waals surface area contributed by atoms with Crippen LogP contribution in [0.25, 0.3) is 11.0 Å². The van der Waals surface area contributed by atoms with E-state index >= 15 is 0 Å². The van der Waals surface area contributed by atoms with Crippen molar-refractivity contribution in [1.82, 2.24) is 5.32 Å². The van der Waals surface area contributed by atoms with Crippen LogP contribution in [0.1, 0.15) is 23.1 Å². The van der Waals surface area contributed by atoms with Crippen molar-refractivity contribution in [2.24, 2.45) is 4.99 Å². The van der Waals surface area contributed by atoms with Gasteiger partial charge in [0, 0.05) is 16.7 Å². The summed E-state index contributed by atoms with van der Waals surface area (Å²) < 4.78 is 5.63. The lowest BCUT2D eigenvalue weighted by Crippen LogP contribution is -2.28. The van der Waals surface area contributed by atoms with Gasteiger partial charge in [0.15, 0.2) is 5.17 Å². The Bertz CT molecular complexity index is 748. The monoisotopic (exact) mass is 300 g/mol. The van der Waals surface area contributed by atoms with E-state index in [1.54, 1.807) is 18.0 Å². The molecule has 0 spiro atoms. The lowest BCUT2D eigenvalue weighted by atomic mass is 10.0. The van der Waals surface area contributed by atoms with Crippen LogP contribution in [0.3, 0.4) is 0 Å². The van der Waals surface area contributed by atoms with Crippen LogP contribution in [-0.2, 0) is 24.1 Å². The first-order chi connectivity index (χ1) is 10.3. The number of rotatable bonds is 2. The average Bonchev–Trinajstić information content (AvgIpc) is 3.18. The van der Waals surface area contributed by atoms with Gasteiger partial charge in [0.25, 0.3) is 0 Å². The van der Waals surface area contributed by atoms with Gasteiger partial charge in [-0.25, -0.2) is 0 Å². The number of nitrogens with zero attached hydrogens (tertiary/aromatic N) is 1. The molecule has 0 saturated carbocycles. The molecule has 2 aliphatic rings. The normalized spacial score (nSPS) is 17.0. The summed E-state index contributed by atoms with van der Waals surface area (Å²) >= 11 is 1.60. The van der Waals surface area contributed by atoms with Crippen molar-refractivity contribution >= 4 is 33.8 Å². The van der Waals surface area contributed by atoms with E-state index in [0.29, 0.717) is 6.42 Å². The quantitative estimate of drug-likeness (QED) is 0.927. The van der Waals surface area contributed by atoms with Crippen molar-refractivity contribution in [1.29, 1.82) is 0 Å². The van der Waals surface area contributed by atoms with Gasteiger partial charge in [-0.15, -0.1) is 0 Å². The highest BCUT2D eigenvalue weighted by atomic mass is 32.2. The van der Waals surface area contributed by atoms with Crippen LogP contribution >= 0.6 is 11.8 Å². The SMILES string of the molecule is O=C(Cc1coc2cc3c(cc12)CCC3)NC1=NCCS1. The summed E-state index contributed by atoms with van der Waals surface area (Å²) in [6.07, 6.45) is 5.54. The third-order valence-corrected chi connectivity index (χ3v) is 4.94. The maximum Gasteiger partial charge on any atom is 0.230 e. The number of aryl methyl sites for hydroxylation is 2. The smallest absolute Gasteiger partial charge is 0.230 e. The average molecular weight is 300 g/mol. The number of benzene rings is 1. The van der Waals surface area contributed by atoms with Crippen molar-refractivity contribution in [2.45, 2.75) is 25.7 Å². The van der Waals surface area contributed by atoms with Gasteiger partial charge in [0.1, 0.15) is 5.58 Å². The van der Waals surface area contributed by atoms with Gasteiger partial charge in [-0.05, 0) is 42.5 Å². The molecule has 0 atom stereocenters. The van der Waals surface area contributed by atoms with E-state index in [1.807, 2.05) is 0 Å². The minimum atomic E-state index is -0.0219. The molecule has 1 amide bonds. The second kappa shape index (κ2) is 5.22. The molecule has 0 fully saturated rings. The molecule has 0 unspecified atom stereocenters. The molecule has 4 nitrogen and oxygen atoms in total. The third kappa shape index (κ3) is 2.46. The maximum absolute atomic E-state index is 12.1. The lowest BCUT2D eigenvalue weighted by molar-refractivity contribution is -0.118. The fourth-order valence-electron chi connectivity index (χ4n) is 3.03. The van der Waals surface area contributed by atoms with E-state index in [9.17, 15) is 4.79 Å². The standard InChI is InChI=1S/C16H16N2O2S/c19-15(18-16-17-4-5-21-16)8-12-9-20-14-7-11-3-1-2-10(11)6-13(12)14/h6-7,9H,1-5,8H2,(H,17,18,19). The molecule has 1 N–H and O–H groups in total. The molecule has 1 aromatic heterocycles. The number of thioether (sulfide) groups is 1. The number of amides is 1. The Balaban J connectivity index is 1.57. The number of carbonyl (C=O) groups is 1. The van der Waals surface area contributed by atoms with E-state index in [2.05, 4.69) is 22.4 Å². The number of furan rings is 1. The van der Waals surface area contributed by atoms with Gasteiger partial charge in [0.2, 0.25) is 5.91 Å². The van der Waals surface area contributed by atoms with E-state index < -0.39 is 0 Å². The first kappa shape index (κ1) is 13.0. The lowest BCUT2D eigenvalue weighted by Gasteiger charge is -2.03. The van der Waals surface area contributed by atoms with Crippen LogP contribution < -0.4 is 5.32 Å². The predicted molar refractivity (Wildman–Crippen MR) is 84.8 cm³/mol. The van der Waals surface area contributed by atoms with Crippen LogP contribution in [0, 0.1) is 0 Å². The van der Waals surface area contributed by atoms with Crippen LogP contribution in [-0.4, -0.2) is 23.4 Å². The molecule has 4 rings (SSSR count). The summed E-state index contributed by atoms with van der Waals surface area (Å²) in [5, 5.41) is 4.69. The number of nitrogens with one attached hydrogen (secondary N) is 1. The largest absolute Gasteiger partial charge is 0.464 e. The summed E-state index contributed by atoms with van der Waals surface area (Å²) in [6.45, 7) is 0.793. The Kier molecular flexibility index (Phi) is 3.22. The Hall–Kier alpha value is -1.75. The van der Waals surface area contributed by atoms with Gasteiger partial charge in [-0.2, -0.15) is 0 Å². The van der Waals surface area contributed by atoms with Crippen molar-refractivity contribution in [2.75, 3.05) is 12.3 Å². The highest BCUT2D eigenvalue weighted by Crippen LogP contribution is 2.30. The molecule has 108 valence electrons. The Labute approximate surface area is 127 Å². The Morgan fingerprint density at radius 3 is 3.00 bits per heavy atom. The van der Waals surface area contributed by atoms with Crippen molar-refractivity contribution < 1.29 is 9.21 Å². The molecular weight excluding hydrogens is 284 g/mol. The number of fused-ring (bicyclic) bond motifs is 2. The number of amidine groups is 1. The van der Waals surface area contributed by atoms with Crippen molar-refractivity contribution in [3.63, 3.8) is 0 Å². The summed E-state index contributed by atoms with van der Waals surface area (Å²) in [5.41, 5.74) is 4.65. The van der Waals surface area contributed by atoms with Gasteiger partial charge in [-0.1, -0.05) is 11.8 Å². The zero-order valence-electron chi connectivity index (χ0n) is 11.6. The predicted octanol–water partition coefficient (Wildman–Crippen LogP) is 2.68. The molecule has 2 aromatic rings. The minimum Gasteiger partial charge on any atom is -0.464 e. The number of aliphatic imine (C=N–C) groups is 1. The fourth-order valence-corrected chi connectivity index (χ4v) is 3.78. The van der Waals surface area contributed by atoms with Crippen LogP contribution in [0.15, 0.2) is 27.8 Å². The summed E-state index contributed by atoms with van der Waals surface area (Å²) in [5.74, 6) is 0.933. The van der Waals surface area contributed by atoms with Crippen LogP contribution in [0.2, 0.25) is 0 Å². The number of hydrogen-bond donors (Lipinski definition) is 1. The van der Waals surface area contributed by atoms with E-state index in [0.717, 1.165) is 46.8 Å². The summed E-state index contributed by atoms with van der Waals surface area (Å²) in [7, 11) is 0. The molecular formula is C16H16N2O2S. The maximum atomic E-state index is 12.1.